The van der Waals surface area contributed by atoms with Gasteiger partial charge in [-0.25, -0.2) is 0 Å². The van der Waals surface area contributed by atoms with Crippen LogP contribution in [-0.4, -0.2) is 0 Å². The molecule has 3 unspecified atom stereocenters. The Labute approximate surface area is 115 Å². The van der Waals surface area contributed by atoms with Gasteiger partial charge in [0.2, 0.25) is 0 Å². The van der Waals surface area contributed by atoms with E-state index in [-0.39, 0.29) is 0 Å². The zero-order chi connectivity index (χ0) is 14.1. The van der Waals surface area contributed by atoms with Crippen molar-refractivity contribution in [3.8, 4) is 0 Å². The average Bonchev–Trinajstić information content (AvgIpc) is 2.20. The predicted molar refractivity (Wildman–Crippen MR) is 82.7 cm³/mol. The number of allylic oxidation sites excluding steroid dienone is 2. The highest BCUT2D eigenvalue weighted by Crippen LogP contribution is 2.53. The monoisotopic (exact) mass is 250 g/mol. The van der Waals surface area contributed by atoms with E-state index in [0.717, 1.165) is 17.8 Å². The van der Waals surface area contributed by atoms with Crippen molar-refractivity contribution in [1.82, 2.24) is 0 Å². The molecule has 106 valence electrons. The van der Waals surface area contributed by atoms with Crippen molar-refractivity contribution in [2.45, 2.75) is 74.7 Å². The van der Waals surface area contributed by atoms with Crippen molar-refractivity contribution in [3.63, 3.8) is 0 Å². The molecule has 0 heterocycles. The fourth-order valence-corrected chi connectivity index (χ4v) is 3.84. The Morgan fingerprint density at radius 2 is 1.72 bits per heavy atom. The van der Waals surface area contributed by atoms with E-state index >= 15 is 0 Å². The van der Waals surface area contributed by atoms with Crippen LogP contribution >= 0.6 is 0 Å². The van der Waals surface area contributed by atoms with Gasteiger partial charge >= 0.3 is 0 Å². The first-order valence-corrected chi connectivity index (χ1v) is 7.78. The van der Waals surface area contributed by atoms with Crippen molar-refractivity contribution in [3.05, 3.63) is 11.6 Å². The van der Waals surface area contributed by atoms with Crippen molar-refractivity contribution < 1.29 is 0 Å². The van der Waals surface area contributed by atoms with E-state index in [9.17, 15) is 0 Å². The van der Waals surface area contributed by atoms with Gasteiger partial charge in [-0.1, -0.05) is 60.1 Å². The smallest absolute Gasteiger partial charge is 0.00857 e. The third kappa shape index (κ3) is 3.19. The second-order valence-electron chi connectivity index (χ2n) is 8.21. The quantitative estimate of drug-likeness (QED) is 0.531. The van der Waals surface area contributed by atoms with E-state index in [1.54, 1.807) is 5.57 Å². The van der Waals surface area contributed by atoms with Crippen molar-refractivity contribution in [2.24, 2.45) is 28.6 Å². The maximum Gasteiger partial charge on any atom is -0.00857 e. The zero-order valence-corrected chi connectivity index (χ0v) is 13.9. The van der Waals surface area contributed by atoms with Crippen LogP contribution in [0.4, 0.5) is 0 Å². The molecule has 0 nitrogen and oxygen atoms in total. The summed E-state index contributed by atoms with van der Waals surface area (Å²) < 4.78 is 0. The van der Waals surface area contributed by atoms with Crippen LogP contribution in [0, 0.1) is 28.6 Å². The molecule has 1 aliphatic carbocycles. The molecule has 0 N–H and O–H groups in total. The molecular weight excluding hydrogens is 216 g/mol. The maximum absolute atomic E-state index is 2.50. The van der Waals surface area contributed by atoms with E-state index in [4.69, 9.17) is 0 Å². The molecule has 18 heavy (non-hydrogen) atoms. The molecule has 1 saturated carbocycles. The molecule has 1 aliphatic rings. The number of hydrogen-bond acceptors (Lipinski definition) is 0. The molecule has 0 saturated heterocycles. The molecule has 0 bridgehead atoms. The molecule has 0 aromatic carbocycles. The Hall–Kier alpha value is -0.260. The van der Waals surface area contributed by atoms with Crippen LogP contribution in [0.1, 0.15) is 74.7 Å². The second-order valence-corrected chi connectivity index (χ2v) is 8.21. The average molecular weight is 250 g/mol. The standard InChI is InChI=1S/C18H34/c1-9-16(15-11-10-14(15)4)18(8,13(2)3)12-17(5,6)7/h9,13-15H,10-12H2,1-8H3. The summed E-state index contributed by atoms with van der Waals surface area (Å²) in [5, 5.41) is 0. The Bertz CT molecular complexity index is 302. The molecule has 1 fully saturated rings. The molecule has 0 aliphatic heterocycles. The first-order valence-electron chi connectivity index (χ1n) is 7.78. The van der Waals surface area contributed by atoms with Gasteiger partial charge in [0.15, 0.2) is 0 Å². The van der Waals surface area contributed by atoms with E-state index in [2.05, 4.69) is 61.5 Å². The Morgan fingerprint density at radius 1 is 1.17 bits per heavy atom. The van der Waals surface area contributed by atoms with Gasteiger partial charge in [0.05, 0.1) is 0 Å². The molecule has 0 spiro atoms. The number of hydrogen-bond donors (Lipinski definition) is 0. The van der Waals surface area contributed by atoms with Gasteiger partial charge in [0, 0.05) is 0 Å². The SMILES string of the molecule is CC=C(C1CCC1C)C(C)(CC(C)(C)C)C(C)C. The summed E-state index contributed by atoms with van der Waals surface area (Å²) in [4.78, 5) is 0. The molecule has 1 rings (SSSR count). The highest BCUT2D eigenvalue weighted by atomic mass is 14.5. The second kappa shape index (κ2) is 5.39. The van der Waals surface area contributed by atoms with Gasteiger partial charge in [0.25, 0.3) is 0 Å². The lowest BCUT2D eigenvalue weighted by Gasteiger charge is -2.48. The molecule has 0 radical (unpaired) electrons. The largest absolute Gasteiger partial charge is 0.0876 e. The number of rotatable bonds is 4. The highest BCUT2D eigenvalue weighted by Gasteiger charge is 2.42. The summed E-state index contributed by atoms with van der Waals surface area (Å²) in [6, 6.07) is 0. The van der Waals surface area contributed by atoms with Crippen LogP contribution in [0.25, 0.3) is 0 Å². The summed E-state index contributed by atoms with van der Waals surface area (Å²) in [5.41, 5.74) is 2.51. The fourth-order valence-electron chi connectivity index (χ4n) is 3.84. The van der Waals surface area contributed by atoms with Gasteiger partial charge in [-0.2, -0.15) is 0 Å². The Morgan fingerprint density at radius 3 is 1.94 bits per heavy atom. The lowest BCUT2D eigenvalue weighted by Crippen LogP contribution is -2.38. The van der Waals surface area contributed by atoms with Crippen molar-refractivity contribution in [2.75, 3.05) is 0 Å². The third-order valence-corrected chi connectivity index (χ3v) is 5.16. The summed E-state index contributed by atoms with van der Waals surface area (Å²) in [6.07, 6.45) is 6.56. The van der Waals surface area contributed by atoms with Gasteiger partial charge in [-0.05, 0) is 54.8 Å². The highest BCUT2D eigenvalue weighted by molar-refractivity contribution is 5.21. The first-order chi connectivity index (χ1) is 8.12. The van der Waals surface area contributed by atoms with E-state index in [1.165, 1.54) is 19.3 Å². The Kier molecular flexibility index (Phi) is 4.73. The van der Waals surface area contributed by atoms with Gasteiger partial charge in [-0.3, -0.25) is 0 Å². The van der Waals surface area contributed by atoms with Crippen LogP contribution in [0.15, 0.2) is 11.6 Å². The van der Waals surface area contributed by atoms with Gasteiger partial charge < -0.3 is 0 Å². The minimum atomic E-state index is 0.367. The van der Waals surface area contributed by atoms with E-state index < -0.39 is 0 Å². The molecule has 0 amide bonds. The summed E-state index contributed by atoms with van der Waals surface area (Å²) >= 11 is 0. The van der Waals surface area contributed by atoms with Crippen LogP contribution in [0.2, 0.25) is 0 Å². The zero-order valence-electron chi connectivity index (χ0n) is 13.9. The minimum absolute atomic E-state index is 0.367. The fraction of sp³-hybridized carbons (Fsp3) is 0.889. The maximum atomic E-state index is 2.50. The van der Waals surface area contributed by atoms with Crippen LogP contribution < -0.4 is 0 Å². The van der Waals surface area contributed by atoms with Crippen molar-refractivity contribution in [1.29, 1.82) is 0 Å². The Balaban J connectivity index is 3.02. The van der Waals surface area contributed by atoms with E-state index in [1.807, 2.05) is 0 Å². The van der Waals surface area contributed by atoms with Crippen molar-refractivity contribution >= 4 is 0 Å². The first kappa shape index (κ1) is 15.8. The topological polar surface area (TPSA) is 0 Å². The lowest BCUT2D eigenvalue weighted by molar-refractivity contribution is 0.118. The molecule has 0 aromatic rings. The van der Waals surface area contributed by atoms with Gasteiger partial charge in [-0.15, -0.1) is 0 Å². The van der Waals surface area contributed by atoms with Gasteiger partial charge in [0.1, 0.15) is 0 Å². The molecule has 0 aromatic heterocycles. The third-order valence-electron chi connectivity index (χ3n) is 5.16. The minimum Gasteiger partial charge on any atom is -0.0876 e. The summed E-state index contributed by atoms with van der Waals surface area (Å²) in [7, 11) is 0. The summed E-state index contributed by atoms with van der Waals surface area (Å²) in [6.45, 7) is 19.1. The molecule has 3 atom stereocenters. The summed E-state index contributed by atoms with van der Waals surface area (Å²) in [5.74, 6) is 2.47. The molecule has 0 heteroatoms. The lowest BCUT2D eigenvalue weighted by atomic mass is 9.56. The van der Waals surface area contributed by atoms with Crippen LogP contribution in [0.5, 0.6) is 0 Å². The van der Waals surface area contributed by atoms with E-state index in [0.29, 0.717) is 10.8 Å². The molecular formula is C18H34. The normalized spacial score (nSPS) is 29.1. The van der Waals surface area contributed by atoms with Crippen LogP contribution in [0.3, 0.4) is 0 Å². The van der Waals surface area contributed by atoms with Crippen LogP contribution in [-0.2, 0) is 0 Å². The predicted octanol–water partition coefficient (Wildman–Crippen LogP) is 6.08.